The maximum absolute atomic E-state index is 5.98. The molecule has 19 heavy (non-hydrogen) atoms. The van der Waals surface area contributed by atoms with E-state index in [1.165, 1.54) is 5.56 Å². The lowest BCUT2D eigenvalue weighted by Gasteiger charge is -2.33. The zero-order valence-electron chi connectivity index (χ0n) is 11.0. The first-order valence-corrected chi connectivity index (χ1v) is 6.95. The van der Waals surface area contributed by atoms with E-state index < -0.39 is 0 Å². The van der Waals surface area contributed by atoms with Crippen molar-refractivity contribution in [3.63, 3.8) is 0 Å². The highest BCUT2D eigenvalue weighted by Crippen LogP contribution is 2.36. The monoisotopic (exact) mass is 277 g/mol. The maximum Gasteiger partial charge on any atom is 0.323 e. The molecule has 0 amide bonds. The molecule has 100 valence electrons. The van der Waals surface area contributed by atoms with E-state index in [1.807, 2.05) is 13.0 Å². The van der Waals surface area contributed by atoms with E-state index in [4.69, 9.17) is 16.0 Å². The van der Waals surface area contributed by atoms with Crippen LogP contribution in [-0.2, 0) is 6.42 Å². The number of para-hydroxylation sites is 1. The molecule has 0 saturated carbocycles. The summed E-state index contributed by atoms with van der Waals surface area (Å²) >= 11 is 5.98. The number of halogens is 1. The van der Waals surface area contributed by atoms with Gasteiger partial charge in [-0.1, -0.05) is 23.3 Å². The number of hydrogen-bond donors (Lipinski definition) is 0. The third-order valence-electron chi connectivity index (χ3n) is 3.50. The molecule has 2 heterocycles. The Morgan fingerprint density at radius 1 is 1.37 bits per heavy atom. The molecule has 1 aromatic carbocycles. The fraction of sp³-hybridized carbons (Fsp3) is 0.429. The smallest absolute Gasteiger partial charge is 0.323 e. The largest absolute Gasteiger partial charge is 0.406 e. The van der Waals surface area contributed by atoms with Gasteiger partial charge in [0.1, 0.15) is 5.38 Å². The maximum atomic E-state index is 5.98. The highest BCUT2D eigenvalue weighted by Gasteiger charge is 2.28. The molecular formula is C14H16ClN3O. The third kappa shape index (κ3) is 2.21. The topological polar surface area (TPSA) is 42.2 Å². The van der Waals surface area contributed by atoms with Crippen molar-refractivity contribution in [3.8, 4) is 0 Å². The molecular weight excluding hydrogens is 262 g/mol. The second-order valence-corrected chi connectivity index (χ2v) is 5.58. The van der Waals surface area contributed by atoms with Crippen LogP contribution in [0.15, 0.2) is 28.7 Å². The van der Waals surface area contributed by atoms with Crippen molar-refractivity contribution in [1.29, 1.82) is 0 Å². The molecule has 2 unspecified atom stereocenters. The Bertz CT molecular complexity index is 582. The highest BCUT2D eigenvalue weighted by atomic mass is 35.5. The summed E-state index contributed by atoms with van der Waals surface area (Å²) in [6.07, 6.45) is 2.16. The third-order valence-corrected chi connectivity index (χ3v) is 3.69. The molecule has 5 heteroatoms. The molecule has 0 saturated heterocycles. The number of aryl methyl sites for hydroxylation is 1. The zero-order valence-corrected chi connectivity index (χ0v) is 11.8. The minimum absolute atomic E-state index is 0.267. The van der Waals surface area contributed by atoms with Crippen LogP contribution >= 0.6 is 11.6 Å². The van der Waals surface area contributed by atoms with Crippen LogP contribution in [0.4, 0.5) is 11.7 Å². The first-order chi connectivity index (χ1) is 9.16. The van der Waals surface area contributed by atoms with Crippen LogP contribution in [0.1, 0.15) is 37.1 Å². The van der Waals surface area contributed by atoms with Gasteiger partial charge in [-0.25, -0.2) is 0 Å². The van der Waals surface area contributed by atoms with E-state index in [1.54, 1.807) is 0 Å². The summed E-state index contributed by atoms with van der Waals surface area (Å²) in [4.78, 5) is 2.11. The summed E-state index contributed by atoms with van der Waals surface area (Å²) in [7, 11) is 0. The number of rotatable bonds is 2. The molecule has 1 aliphatic rings. The lowest BCUT2D eigenvalue weighted by atomic mass is 9.97. The Labute approximate surface area is 117 Å². The lowest BCUT2D eigenvalue weighted by molar-refractivity contribution is 0.473. The molecule has 0 N–H and O–H groups in total. The summed E-state index contributed by atoms with van der Waals surface area (Å²) in [5.74, 6) is 0.465. The van der Waals surface area contributed by atoms with Crippen molar-refractivity contribution in [2.75, 3.05) is 4.90 Å². The van der Waals surface area contributed by atoms with Crippen molar-refractivity contribution >= 4 is 23.3 Å². The van der Waals surface area contributed by atoms with Crippen molar-refractivity contribution in [1.82, 2.24) is 10.2 Å². The summed E-state index contributed by atoms with van der Waals surface area (Å²) in [6.45, 7) is 4.00. The van der Waals surface area contributed by atoms with Gasteiger partial charge in [0, 0.05) is 11.7 Å². The average molecular weight is 278 g/mol. The summed E-state index contributed by atoms with van der Waals surface area (Å²) in [5, 5.41) is 7.88. The molecule has 4 nitrogen and oxygen atoms in total. The Morgan fingerprint density at radius 3 is 2.89 bits per heavy atom. The number of hydrogen-bond acceptors (Lipinski definition) is 4. The van der Waals surface area contributed by atoms with Crippen molar-refractivity contribution < 1.29 is 4.42 Å². The highest BCUT2D eigenvalue weighted by molar-refractivity contribution is 6.20. The Kier molecular flexibility index (Phi) is 3.19. The predicted molar refractivity (Wildman–Crippen MR) is 74.9 cm³/mol. The van der Waals surface area contributed by atoms with Crippen LogP contribution in [0.3, 0.4) is 0 Å². The predicted octanol–water partition coefficient (Wildman–Crippen LogP) is 3.84. The summed E-state index contributed by atoms with van der Waals surface area (Å²) in [6, 6.07) is 9.21. The van der Waals surface area contributed by atoms with Gasteiger partial charge in [0.2, 0.25) is 5.89 Å². The molecule has 3 rings (SSSR count). The Balaban J connectivity index is 2.03. The first kappa shape index (κ1) is 12.5. The minimum Gasteiger partial charge on any atom is -0.406 e. The van der Waals surface area contributed by atoms with Gasteiger partial charge in [0.15, 0.2) is 0 Å². The zero-order chi connectivity index (χ0) is 13.4. The number of fused-ring (bicyclic) bond motifs is 1. The molecule has 0 spiro atoms. The van der Waals surface area contributed by atoms with Crippen LogP contribution < -0.4 is 4.90 Å². The fourth-order valence-corrected chi connectivity index (χ4v) is 2.55. The summed E-state index contributed by atoms with van der Waals surface area (Å²) < 4.78 is 5.68. The number of aromatic nitrogens is 2. The van der Waals surface area contributed by atoms with E-state index in [0.717, 1.165) is 18.5 Å². The SMILES string of the molecule is CC(Cl)c1nnc(N2c3ccccc3CCC2C)o1. The van der Waals surface area contributed by atoms with Gasteiger partial charge >= 0.3 is 6.01 Å². The number of anilines is 2. The molecule has 1 aromatic heterocycles. The summed E-state index contributed by atoms with van der Waals surface area (Å²) in [5.41, 5.74) is 2.47. The van der Waals surface area contributed by atoms with Gasteiger partial charge in [-0.3, -0.25) is 4.90 Å². The van der Waals surface area contributed by atoms with Crippen molar-refractivity contribution in [2.24, 2.45) is 0 Å². The minimum atomic E-state index is -0.267. The van der Waals surface area contributed by atoms with E-state index >= 15 is 0 Å². The molecule has 2 aromatic rings. The van der Waals surface area contributed by atoms with E-state index in [2.05, 4.69) is 40.2 Å². The van der Waals surface area contributed by atoms with Crippen molar-refractivity contribution in [3.05, 3.63) is 35.7 Å². The van der Waals surface area contributed by atoms with Crippen LogP contribution in [0.2, 0.25) is 0 Å². The molecule has 0 bridgehead atoms. The molecule has 0 radical (unpaired) electrons. The Morgan fingerprint density at radius 2 is 2.16 bits per heavy atom. The van der Waals surface area contributed by atoms with Crippen LogP contribution in [0.5, 0.6) is 0 Å². The lowest BCUT2D eigenvalue weighted by Crippen LogP contribution is -2.33. The van der Waals surface area contributed by atoms with Gasteiger partial charge in [0.25, 0.3) is 0 Å². The number of alkyl halides is 1. The molecule has 0 aliphatic carbocycles. The number of nitrogens with zero attached hydrogens (tertiary/aromatic N) is 3. The molecule has 2 atom stereocenters. The standard InChI is InChI=1S/C14H16ClN3O/c1-9-7-8-11-5-3-4-6-12(11)18(9)14-17-16-13(19-14)10(2)15/h3-6,9-10H,7-8H2,1-2H3. The van der Waals surface area contributed by atoms with Gasteiger partial charge in [0.05, 0.1) is 0 Å². The molecule has 1 aliphatic heterocycles. The van der Waals surface area contributed by atoms with Gasteiger partial charge in [-0.2, -0.15) is 0 Å². The average Bonchev–Trinajstić information content (AvgIpc) is 2.88. The van der Waals surface area contributed by atoms with E-state index in [-0.39, 0.29) is 5.38 Å². The normalized spacial score (nSPS) is 20.2. The van der Waals surface area contributed by atoms with Gasteiger partial charge in [-0.15, -0.1) is 16.7 Å². The fourth-order valence-electron chi connectivity index (χ4n) is 2.46. The second-order valence-electron chi connectivity index (χ2n) is 4.93. The van der Waals surface area contributed by atoms with Gasteiger partial charge in [-0.05, 0) is 38.3 Å². The van der Waals surface area contributed by atoms with Gasteiger partial charge < -0.3 is 4.42 Å². The van der Waals surface area contributed by atoms with Crippen molar-refractivity contribution in [2.45, 2.75) is 38.1 Å². The quantitative estimate of drug-likeness (QED) is 0.782. The number of benzene rings is 1. The second kappa shape index (κ2) is 4.85. The molecule has 0 fully saturated rings. The van der Waals surface area contributed by atoms with E-state index in [9.17, 15) is 0 Å². The van der Waals surface area contributed by atoms with E-state index in [0.29, 0.717) is 17.9 Å². The van der Waals surface area contributed by atoms with Crippen LogP contribution in [-0.4, -0.2) is 16.2 Å². The first-order valence-electron chi connectivity index (χ1n) is 6.51. The van der Waals surface area contributed by atoms with Crippen LogP contribution in [0, 0.1) is 0 Å². The Hall–Kier alpha value is -1.55. The van der Waals surface area contributed by atoms with Crippen LogP contribution in [0.25, 0.3) is 0 Å².